The van der Waals surface area contributed by atoms with Crippen molar-refractivity contribution in [1.82, 2.24) is 20.2 Å². The Bertz CT molecular complexity index is 842. The second-order valence-corrected chi connectivity index (χ2v) is 5.23. The normalized spacial score (nSPS) is 11.5. The van der Waals surface area contributed by atoms with Crippen LogP contribution in [0.3, 0.4) is 0 Å². The molecule has 0 amide bonds. The molecule has 0 spiro atoms. The summed E-state index contributed by atoms with van der Waals surface area (Å²) in [5, 5.41) is 11.6. The minimum atomic E-state index is -4.43. The zero-order chi connectivity index (χ0) is 17.3. The second kappa shape index (κ2) is 5.95. The topological polar surface area (TPSA) is 46.8 Å². The molecule has 0 N–H and O–H groups in total. The van der Waals surface area contributed by atoms with Crippen molar-refractivity contribution >= 4 is 11.6 Å². The van der Waals surface area contributed by atoms with E-state index in [-0.39, 0.29) is 5.95 Å². The quantitative estimate of drug-likeness (QED) is 0.734. The average Bonchev–Trinajstić information content (AvgIpc) is 3.00. The van der Waals surface area contributed by atoms with E-state index in [2.05, 4.69) is 15.4 Å². The molecule has 1 aromatic heterocycles. The molecular weight excluding hydrogens is 319 g/mol. The summed E-state index contributed by atoms with van der Waals surface area (Å²) in [4.78, 5) is 2.74. The lowest BCUT2D eigenvalue weighted by molar-refractivity contribution is -0.137. The van der Waals surface area contributed by atoms with Gasteiger partial charge in [-0.25, -0.2) is 0 Å². The number of aryl methyl sites for hydroxylation is 1. The van der Waals surface area contributed by atoms with Gasteiger partial charge in [-0.05, 0) is 22.9 Å². The van der Waals surface area contributed by atoms with Gasteiger partial charge in [0.1, 0.15) is 0 Å². The van der Waals surface area contributed by atoms with E-state index in [1.807, 2.05) is 30.3 Å². The standard InChI is InChI=1S/C16H14F3N5/c1-23(15-20-22-24(2)21-15)14-10-12(16(17,18)19)8-9-13(14)11-6-4-3-5-7-11/h3-10H,1-2H3. The van der Waals surface area contributed by atoms with Crippen LogP contribution >= 0.6 is 0 Å². The molecule has 124 valence electrons. The summed E-state index contributed by atoms with van der Waals surface area (Å²) < 4.78 is 39.3. The molecule has 1 heterocycles. The van der Waals surface area contributed by atoms with Crippen molar-refractivity contribution in [1.29, 1.82) is 0 Å². The fourth-order valence-electron chi connectivity index (χ4n) is 2.36. The monoisotopic (exact) mass is 333 g/mol. The van der Waals surface area contributed by atoms with Gasteiger partial charge in [-0.1, -0.05) is 41.5 Å². The molecular formula is C16H14F3N5. The smallest absolute Gasteiger partial charge is 0.310 e. The van der Waals surface area contributed by atoms with Crippen molar-refractivity contribution < 1.29 is 13.2 Å². The number of aromatic nitrogens is 4. The molecule has 0 saturated carbocycles. The highest BCUT2D eigenvalue weighted by Gasteiger charge is 2.32. The van der Waals surface area contributed by atoms with E-state index >= 15 is 0 Å². The summed E-state index contributed by atoms with van der Waals surface area (Å²) in [6.07, 6.45) is -4.43. The van der Waals surface area contributed by atoms with Gasteiger partial charge in [0.05, 0.1) is 18.3 Å². The molecule has 0 aliphatic carbocycles. The summed E-state index contributed by atoms with van der Waals surface area (Å²) in [7, 11) is 3.20. The third kappa shape index (κ3) is 3.08. The summed E-state index contributed by atoms with van der Waals surface area (Å²) >= 11 is 0. The third-order valence-corrected chi connectivity index (χ3v) is 3.57. The number of alkyl halides is 3. The molecule has 2 aromatic carbocycles. The lowest BCUT2D eigenvalue weighted by Gasteiger charge is -2.21. The SMILES string of the molecule is CN(c1nnn(C)n1)c1cc(C(F)(F)F)ccc1-c1ccccc1. The zero-order valence-electron chi connectivity index (χ0n) is 13.0. The van der Waals surface area contributed by atoms with Crippen LogP contribution in [0.4, 0.5) is 24.8 Å². The molecule has 8 heteroatoms. The first-order chi connectivity index (χ1) is 11.4. The molecule has 3 rings (SSSR count). The molecule has 24 heavy (non-hydrogen) atoms. The molecule has 3 aromatic rings. The van der Waals surface area contributed by atoms with E-state index in [9.17, 15) is 13.2 Å². The predicted octanol–water partition coefficient (Wildman–Crippen LogP) is 3.66. The van der Waals surface area contributed by atoms with Crippen LogP contribution in [-0.2, 0) is 13.2 Å². The fourth-order valence-corrected chi connectivity index (χ4v) is 2.36. The van der Waals surface area contributed by atoms with E-state index < -0.39 is 11.7 Å². The number of anilines is 2. The average molecular weight is 333 g/mol. The summed E-state index contributed by atoms with van der Waals surface area (Å²) in [5.74, 6) is 0.217. The first-order valence-electron chi connectivity index (χ1n) is 7.10. The van der Waals surface area contributed by atoms with Crippen molar-refractivity contribution in [3.63, 3.8) is 0 Å². The number of hydrogen-bond acceptors (Lipinski definition) is 4. The van der Waals surface area contributed by atoms with Gasteiger partial charge in [-0.2, -0.15) is 18.0 Å². The number of nitrogens with zero attached hydrogens (tertiary/aromatic N) is 5. The summed E-state index contributed by atoms with van der Waals surface area (Å²) in [6.45, 7) is 0. The third-order valence-electron chi connectivity index (χ3n) is 3.57. The van der Waals surface area contributed by atoms with Crippen LogP contribution in [0.25, 0.3) is 11.1 Å². The Hall–Kier alpha value is -2.90. The molecule has 0 aliphatic rings. The van der Waals surface area contributed by atoms with E-state index in [4.69, 9.17) is 0 Å². The summed E-state index contributed by atoms with van der Waals surface area (Å²) in [5.41, 5.74) is 1.08. The number of rotatable bonds is 3. The lowest BCUT2D eigenvalue weighted by atomic mass is 10.0. The fraction of sp³-hybridized carbons (Fsp3) is 0.188. The Morgan fingerprint density at radius 2 is 1.75 bits per heavy atom. The van der Waals surface area contributed by atoms with Crippen molar-refractivity contribution in [2.24, 2.45) is 7.05 Å². The van der Waals surface area contributed by atoms with Crippen LogP contribution < -0.4 is 4.90 Å². The van der Waals surface area contributed by atoms with E-state index in [1.165, 1.54) is 15.8 Å². The summed E-state index contributed by atoms with van der Waals surface area (Å²) in [6, 6.07) is 12.8. The van der Waals surface area contributed by atoms with E-state index in [0.717, 1.165) is 17.7 Å². The Balaban J connectivity index is 2.16. The molecule has 5 nitrogen and oxygen atoms in total. The van der Waals surface area contributed by atoms with Gasteiger partial charge >= 0.3 is 6.18 Å². The second-order valence-electron chi connectivity index (χ2n) is 5.23. The van der Waals surface area contributed by atoms with Crippen molar-refractivity contribution in [3.8, 4) is 11.1 Å². The van der Waals surface area contributed by atoms with Crippen molar-refractivity contribution in [2.75, 3.05) is 11.9 Å². The minimum Gasteiger partial charge on any atom is -0.310 e. The number of hydrogen-bond donors (Lipinski definition) is 0. The van der Waals surface area contributed by atoms with E-state index in [0.29, 0.717) is 11.3 Å². The van der Waals surface area contributed by atoms with Crippen LogP contribution in [0.5, 0.6) is 0 Å². The first kappa shape index (κ1) is 16.0. The van der Waals surface area contributed by atoms with Gasteiger partial charge in [0.15, 0.2) is 0 Å². The Morgan fingerprint density at radius 3 is 2.33 bits per heavy atom. The van der Waals surface area contributed by atoms with Crippen LogP contribution in [0, 0.1) is 0 Å². The van der Waals surface area contributed by atoms with Crippen LogP contribution in [0.2, 0.25) is 0 Å². The minimum absolute atomic E-state index is 0.217. The van der Waals surface area contributed by atoms with Gasteiger partial charge < -0.3 is 4.90 Å². The number of tetrazole rings is 1. The lowest BCUT2D eigenvalue weighted by Crippen LogP contribution is -2.15. The van der Waals surface area contributed by atoms with Crippen molar-refractivity contribution in [3.05, 3.63) is 54.1 Å². The van der Waals surface area contributed by atoms with Gasteiger partial charge in [0.25, 0.3) is 5.95 Å². The number of halogens is 3. The number of benzene rings is 2. The van der Waals surface area contributed by atoms with Gasteiger partial charge in [-0.15, -0.1) is 5.10 Å². The highest BCUT2D eigenvalue weighted by molar-refractivity contribution is 5.81. The maximum absolute atomic E-state index is 13.1. The molecule has 0 radical (unpaired) electrons. The molecule has 0 bridgehead atoms. The van der Waals surface area contributed by atoms with E-state index in [1.54, 1.807) is 14.1 Å². The Morgan fingerprint density at radius 1 is 1.04 bits per heavy atom. The van der Waals surface area contributed by atoms with Crippen LogP contribution in [0.1, 0.15) is 5.56 Å². The van der Waals surface area contributed by atoms with Gasteiger partial charge in [0, 0.05) is 12.6 Å². The maximum atomic E-state index is 13.1. The molecule has 0 aliphatic heterocycles. The molecule has 0 fully saturated rings. The highest BCUT2D eigenvalue weighted by atomic mass is 19.4. The van der Waals surface area contributed by atoms with Crippen LogP contribution in [0.15, 0.2) is 48.5 Å². The predicted molar refractivity (Wildman–Crippen MR) is 83.7 cm³/mol. The van der Waals surface area contributed by atoms with Crippen molar-refractivity contribution in [2.45, 2.75) is 6.18 Å². The first-order valence-corrected chi connectivity index (χ1v) is 7.10. The van der Waals surface area contributed by atoms with Crippen LogP contribution in [-0.4, -0.2) is 27.3 Å². The molecule has 0 unspecified atom stereocenters. The largest absolute Gasteiger partial charge is 0.416 e. The Labute approximate surface area is 136 Å². The molecule has 0 atom stereocenters. The van der Waals surface area contributed by atoms with Gasteiger partial charge in [-0.3, -0.25) is 0 Å². The highest BCUT2D eigenvalue weighted by Crippen LogP contribution is 2.38. The zero-order valence-corrected chi connectivity index (χ0v) is 13.0. The maximum Gasteiger partial charge on any atom is 0.416 e. The molecule has 0 saturated heterocycles. The Kier molecular flexibility index (Phi) is 3.96. The van der Waals surface area contributed by atoms with Gasteiger partial charge in [0.2, 0.25) is 0 Å².